The maximum absolute atomic E-state index is 11.8. The molecular formula is C17H18Cl2N2O2. The van der Waals surface area contributed by atoms with Crippen molar-refractivity contribution in [3.8, 4) is 5.75 Å². The van der Waals surface area contributed by atoms with Crippen LogP contribution in [0.25, 0.3) is 0 Å². The third-order valence-electron chi connectivity index (χ3n) is 3.17. The highest BCUT2D eigenvalue weighted by molar-refractivity contribution is 6.36. The molecule has 0 aromatic heterocycles. The van der Waals surface area contributed by atoms with Gasteiger partial charge in [-0.25, -0.2) is 4.79 Å². The summed E-state index contributed by atoms with van der Waals surface area (Å²) in [6.07, 6.45) is 0.995. The minimum absolute atomic E-state index is 0.348. The first-order valence-electron chi connectivity index (χ1n) is 7.30. The van der Waals surface area contributed by atoms with Crippen LogP contribution in [-0.2, 0) is 6.42 Å². The lowest BCUT2D eigenvalue weighted by Gasteiger charge is -2.10. The number of hydrogen-bond donors (Lipinski definition) is 2. The summed E-state index contributed by atoms with van der Waals surface area (Å²) in [4.78, 5) is 11.8. The second-order valence-corrected chi connectivity index (χ2v) is 5.69. The monoisotopic (exact) mass is 352 g/mol. The summed E-state index contributed by atoms with van der Waals surface area (Å²) in [5, 5.41) is 6.26. The molecule has 0 spiro atoms. The van der Waals surface area contributed by atoms with Crippen LogP contribution in [-0.4, -0.2) is 19.2 Å². The highest BCUT2D eigenvalue weighted by Crippen LogP contribution is 2.25. The van der Waals surface area contributed by atoms with Crippen molar-refractivity contribution in [3.63, 3.8) is 0 Å². The number of anilines is 1. The number of rotatable bonds is 6. The Morgan fingerprint density at radius 1 is 1.13 bits per heavy atom. The summed E-state index contributed by atoms with van der Waals surface area (Å²) in [5.41, 5.74) is 1.76. The van der Waals surface area contributed by atoms with E-state index in [0.717, 1.165) is 12.2 Å². The Kier molecular flexibility index (Phi) is 6.56. The zero-order valence-corrected chi connectivity index (χ0v) is 14.2. The van der Waals surface area contributed by atoms with Crippen molar-refractivity contribution in [2.24, 2.45) is 0 Å². The molecule has 0 aliphatic rings. The van der Waals surface area contributed by atoms with Crippen molar-refractivity contribution >= 4 is 34.9 Å². The predicted octanol–water partition coefficient (Wildman–Crippen LogP) is 4.76. The Morgan fingerprint density at radius 2 is 1.87 bits per heavy atom. The van der Waals surface area contributed by atoms with E-state index in [4.69, 9.17) is 27.9 Å². The van der Waals surface area contributed by atoms with Crippen molar-refractivity contribution in [1.82, 2.24) is 5.32 Å². The molecule has 6 heteroatoms. The molecule has 0 heterocycles. The second-order valence-electron chi connectivity index (χ2n) is 4.85. The van der Waals surface area contributed by atoms with Crippen molar-refractivity contribution in [2.45, 2.75) is 13.3 Å². The largest absolute Gasteiger partial charge is 0.492 e. The number of benzene rings is 2. The molecule has 122 valence electrons. The van der Waals surface area contributed by atoms with Crippen LogP contribution in [0.1, 0.15) is 12.5 Å². The molecule has 2 rings (SSSR count). The topological polar surface area (TPSA) is 50.4 Å². The van der Waals surface area contributed by atoms with Crippen molar-refractivity contribution in [2.75, 3.05) is 18.5 Å². The summed E-state index contributed by atoms with van der Waals surface area (Å²) in [6, 6.07) is 12.4. The lowest BCUT2D eigenvalue weighted by Crippen LogP contribution is -2.32. The average Bonchev–Trinajstić information content (AvgIpc) is 2.55. The van der Waals surface area contributed by atoms with E-state index < -0.39 is 0 Å². The highest BCUT2D eigenvalue weighted by atomic mass is 35.5. The lowest BCUT2D eigenvalue weighted by atomic mass is 10.2. The fourth-order valence-electron chi connectivity index (χ4n) is 1.91. The first-order valence-corrected chi connectivity index (χ1v) is 8.05. The fraction of sp³-hybridized carbons (Fsp3) is 0.235. The standard InChI is InChI=1S/C17H18Cl2N2O2/c1-2-12-3-6-14(7-4-12)23-10-9-20-17(22)21-16-8-5-13(18)11-15(16)19/h3-8,11H,2,9-10H2,1H3,(H2,20,21,22). The maximum atomic E-state index is 11.8. The van der Waals surface area contributed by atoms with E-state index >= 15 is 0 Å². The Labute approximate surface area is 145 Å². The molecule has 0 aliphatic carbocycles. The quantitative estimate of drug-likeness (QED) is 0.736. The normalized spacial score (nSPS) is 10.2. The summed E-state index contributed by atoms with van der Waals surface area (Å²) in [6.45, 7) is 2.87. The maximum Gasteiger partial charge on any atom is 0.319 e. The predicted molar refractivity (Wildman–Crippen MR) is 94.8 cm³/mol. The summed E-state index contributed by atoms with van der Waals surface area (Å²) in [5.74, 6) is 0.783. The Balaban J connectivity index is 1.72. The van der Waals surface area contributed by atoms with Gasteiger partial charge in [-0.2, -0.15) is 0 Å². The molecule has 23 heavy (non-hydrogen) atoms. The minimum atomic E-state index is -0.348. The molecule has 0 atom stereocenters. The van der Waals surface area contributed by atoms with Gasteiger partial charge in [-0.15, -0.1) is 0 Å². The van der Waals surface area contributed by atoms with Gasteiger partial charge in [0.1, 0.15) is 12.4 Å². The molecule has 0 aliphatic heterocycles. The summed E-state index contributed by atoms with van der Waals surface area (Å²) < 4.78 is 5.56. The highest BCUT2D eigenvalue weighted by Gasteiger charge is 2.05. The molecule has 0 radical (unpaired) electrons. The van der Waals surface area contributed by atoms with Crippen LogP contribution in [0.15, 0.2) is 42.5 Å². The second kappa shape index (κ2) is 8.65. The number of halogens is 2. The third kappa shape index (κ3) is 5.66. The van der Waals surface area contributed by atoms with Gasteiger partial charge in [0, 0.05) is 5.02 Å². The van der Waals surface area contributed by atoms with E-state index in [9.17, 15) is 4.79 Å². The fourth-order valence-corrected chi connectivity index (χ4v) is 2.37. The van der Waals surface area contributed by atoms with Gasteiger partial charge in [0.2, 0.25) is 0 Å². The number of carbonyl (C=O) groups excluding carboxylic acids is 1. The zero-order chi connectivity index (χ0) is 16.7. The molecule has 0 fully saturated rings. The van der Waals surface area contributed by atoms with Gasteiger partial charge >= 0.3 is 6.03 Å². The lowest BCUT2D eigenvalue weighted by molar-refractivity contribution is 0.247. The van der Waals surface area contributed by atoms with E-state index in [-0.39, 0.29) is 6.03 Å². The van der Waals surface area contributed by atoms with E-state index in [0.29, 0.717) is 28.9 Å². The first kappa shape index (κ1) is 17.4. The molecule has 2 N–H and O–H groups in total. The average molecular weight is 353 g/mol. The number of ether oxygens (including phenoxy) is 1. The molecule has 0 saturated heterocycles. The van der Waals surface area contributed by atoms with E-state index in [2.05, 4.69) is 17.6 Å². The van der Waals surface area contributed by atoms with Gasteiger partial charge in [0.15, 0.2) is 0 Å². The van der Waals surface area contributed by atoms with Crippen LogP contribution < -0.4 is 15.4 Å². The van der Waals surface area contributed by atoms with Crippen molar-refractivity contribution < 1.29 is 9.53 Å². The van der Waals surface area contributed by atoms with Crippen LogP contribution in [0, 0.1) is 0 Å². The molecule has 4 nitrogen and oxygen atoms in total. The molecule has 2 amide bonds. The van der Waals surface area contributed by atoms with Crippen LogP contribution in [0.2, 0.25) is 10.0 Å². The number of urea groups is 1. The van der Waals surface area contributed by atoms with E-state index in [1.165, 1.54) is 5.56 Å². The van der Waals surface area contributed by atoms with Gasteiger partial charge in [0.05, 0.1) is 17.3 Å². The molecule has 0 unspecified atom stereocenters. The SMILES string of the molecule is CCc1ccc(OCCNC(=O)Nc2ccc(Cl)cc2Cl)cc1. The summed E-state index contributed by atoms with van der Waals surface area (Å²) in [7, 11) is 0. The van der Waals surface area contributed by atoms with Gasteiger partial charge in [-0.05, 0) is 42.3 Å². The first-order chi connectivity index (χ1) is 11.1. The number of aryl methyl sites for hydroxylation is 1. The van der Waals surface area contributed by atoms with Gasteiger partial charge in [0.25, 0.3) is 0 Å². The van der Waals surface area contributed by atoms with Gasteiger partial charge in [-0.3, -0.25) is 0 Å². The Hall–Kier alpha value is -1.91. The molecule has 2 aromatic carbocycles. The number of carbonyl (C=O) groups is 1. The zero-order valence-electron chi connectivity index (χ0n) is 12.7. The number of nitrogens with one attached hydrogen (secondary N) is 2. The molecular weight excluding hydrogens is 335 g/mol. The van der Waals surface area contributed by atoms with E-state index in [1.807, 2.05) is 24.3 Å². The van der Waals surface area contributed by atoms with Gasteiger partial charge in [-0.1, -0.05) is 42.3 Å². The Bertz CT molecular complexity index is 660. The van der Waals surface area contributed by atoms with Crippen LogP contribution in [0.3, 0.4) is 0 Å². The number of amides is 2. The molecule has 0 bridgehead atoms. The van der Waals surface area contributed by atoms with Crippen LogP contribution in [0.5, 0.6) is 5.75 Å². The summed E-state index contributed by atoms with van der Waals surface area (Å²) >= 11 is 11.8. The van der Waals surface area contributed by atoms with Gasteiger partial charge < -0.3 is 15.4 Å². The Morgan fingerprint density at radius 3 is 2.52 bits per heavy atom. The molecule has 0 saturated carbocycles. The number of hydrogen-bond acceptors (Lipinski definition) is 2. The minimum Gasteiger partial charge on any atom is -0.492 e. The van der Waals surface area contributed by atoms with Crippen LogP contribution in [0.4, 0.5) is 10.5 Å². The smallest absolute Gasteiger partial charge is 0.319 e. The third-order valence-corrected chi connectivity index (χ3v) is 3.72. The van der Waals surface area contributed by atoms with Crippen molar-refractivity contribution in [1.29, 1.82) is 0 Å². The molecule has 2 aromatic rings. The van der Waals surface area contributed by atoms with E-state index in [1.54, 1.807) is 18.2 Å². The van der Waals surface area contributed by atoms with Crippen LogP contribution >= 0.6 is 23.2 Å². The van der Waals surface area contributed by atoms with Crippen molar-refractivity contribution in [3.05, 3.63) is 58.1 Å².